The van der Waals surface area contributed by atoms with Crippen molar-refractivity contribution in [1.82, 2.24) is 30.4 Å². The van der Waals surface area contributed by atoms with Crippen LogP contribution in [0.15, 0.2) is 29.0 Å². The number of rotatable bonds is 3. The van der Waals surface area contributed by atoms with Crippen LogP contribution in [0.2, 0.25) is 0 Å². The van der Waals surface area contributed by atoms with Gasteiger partial charge in [-0.15, -0.1) is 0 Å². The molecule has 0 aliphatic carbocycles. The zero-order valence-electron chi connectivity index (χ0n) is 15.9. The molecule has 0 spiro atoms. The molecule has 0 aromatic carbocycles. The van der Waals surface area contributed by atoms with Gasteiger partial charge in [0.25, 0.3) is 0 Å². The number of piperidine rings is 1. The molecule has 1 N–H and O–H groups in total. The standard InChI is InChI=1S/C20H23N7O/c1-13-23-17-11-22-8-6-16(17)19(24-13)27-9-3-5-15(12-27)20-25-18(26-28-20)14-4-2-7-21-10-14/h2,4,7,10,15,22H,3,5-6,8-9,11-12H2,1H3. The Morgan fingerprint density at radius 2 is 2.21 bits per heavy atom. The summed E-state index contributed by atoms with van der Waals surface area (Å²) >= 11 is 0. The second-order valence-corrected chi connectivity index (χ2v) is 7.43. The van der Waals surface area contributed by atoms with E-state index in [0.717, 1.165) is 68.3 Å². The van der Waals surface area contributed by atoms with Crippen LogP contribution >= 0.6 is 0 Å². The third-order valence-corrected chi connectivity index (χ3v) is 5.46. The van der Waals surface area contributed by atoms with E-state index in [2.05, 4.69) is 30.3 Å². The maximum atomic E-state index is 5.62. The Balaban J connectivity index is 1.40. The van der Waals surface area contributed by atoms with E-state index in [1.807, 2.05) is 19.1 Å². The maximum Gasteiger partial charge on any atom is 0.231 e. The van der Waals surface area contributed by atoms with Crippen molar-refractivity contribution in [2.45, 2.75) is 38.6 Å². The predicted octanol–water partition coefficient (Wildman–Crippen LogP) is 2.26. The van der Waals surface area contributed by atoms with E-state index in [-0.39, 0.29) is 5.92 Å². The van der Waals surface area contributed by atoms with Crippen molar-refractivity contribution >= 4 is 5.82 Å². The van der Waals surface area contributed by atoms with Gasteiger partial charge in [0.05, 0.1) is 11.6 Å². The molecule has 2 aliphatic heterocycles. The predicted molar refractivity (Wildman–Crippen MR) is 104 cm³/mol. The van der Waals surface area contributed by atoms with Crippen molar-refractivity contribution < 1.29 is 4.52 Å². The Bertz CT molecular complexity index is 972. The summed E-state index contributed by atoms with van der Waals surface area (Å²) < 4.78 is 5.62. The number of hydrogen-bond donors (Lipinski definition) is 1. The Kier molecular flexibility index (Phi) is 4.48. The maximum absolute atomic E-state index is 5.62. The molecule has 1 unspecified atom stereocenters. The van der Waals surface area contributed by atoms with E-state index >= 15 is 0 Å². The molecule has 28 heavy (non-hydrogen) atoms. The quantitative estimate of drug-likeness (QED) is 0.743. The third kappa shape index (κ3) is 3.24. The molecule has 5 rings (SSSR count). The zero-order chi connectivity index (χ0) is 18.9. The zero-order valence-corrected chi connectivity index (χ0v) is 15.9. The Morgan fingerprint density at radius 1 is 1.25 bits per heavy atom. The fourth-order valence-corrected chi connectivity index (χ4v) is 4.11. The Labute approximate surface area is 163 Å². The summed E-state index contributed by atoms with van der Waals surface area (Å²) in [5.74, 6) is 3.42. The first-order chi connectivity index (χ1) is 13.8. The number of aryl methyl sites for hydroxylation is 1. The van der Waals surface area contributed by atoms with Crippen LogP contribution in [0, 0.1) is 6.92 Å². The van der Waals surface area contributed by atoms with Gasteiger partial charge in [-0.05, 0) is 44.9 Å². The van der Waals surface area contributed by atoms with Crippen molar-refractivity contribution in [3.05, 3.63) is 47.5 Å². The summed E-state index contributed by atoms with van der Waals surface area (Å²) in [6, 6.07) is 3.82. The number of pyridine rings is 1. The van der Waals surface area contributed by atoms with Gasteiger partial charge < -0.3 is 14.7 Å². The molecule has 5 heterocycles. The van der Waals surface area contributed by atoms with Crippen LogP contribution in [-0.4, -0.2) is 44.7 Å². The van der Waals surface area contributed by atoms with Gasteiger partial charge in [-0.2, -0.15) is 4.98 Å². The monoisotopic (exact) mass is 377 g/mol. The summed E-state index contributed by atoms with van der Waals surface area (Å²) in [7, 11) is 0. The summed E-state index contributed by atoms with van der Waals surface area (Å²) in [6.07, 6.45) is 6.58. The fraction of sp³-hybridized carbons (Fsp3) is 0.450. The topological polar surface area (TPSA) is 92.9 Å². The normalized spacial score (nSPS) is 19.5. The molecule has 0 radical (unpaired) electrons. The number of fused-ring (bicyclic) bond motifs is 1. The van der Waals surface area contributed by atoms with Crippen molar-refractivity contribution in [2.75, 3.05) is 24.5 Å². The average molecular weight is 377 g/mol. The third-order valence-electron chi connectivity index (χ3n) is 5.46. The Hall–Kier alpha value is -2.87. The van der Waals surface area contributed by atoms with Crippen LogP contribution in [0.1, 0.15) is 41.7 Å². The number of nitrogens with zero attached hydrogens (tertiary/aromatic N) is 6. The minimum atomic E-state index is 0.208. The molecule has 8 heteroatoms. The minimum Gasteiger partial charge on any atom is -0.355 e. The van der Waals surface area contributed by atoms with Crippen LogP contribution in [0.3, 0.4) is 0 Å². The fourth-order valence-electron chi connectivity index (χ4n) is 4.11. The molecule has 0 bridgehead atoms. The highest BCUT2D eigenvalue weighted by Crippen LogP contribution is 2.32. The summed E-state index contributed by atoms with van der Waals surface area (Å²) in [5.41, 5.74) is 3.29. The van der Waals surface area contributed by atoms with Crippen molar-refractivity contribution in [3.8, 4) is 11.4 Å². The van der Waals surface area contributed by atoms with Crippen LogP contribution < -0.4 is 10.2 Å². The minimum absolute atomic E-state index is 0.208. The molecule has 1 atom stereocenters. The largest absolute Gasteiger partial charge is 0.355 e. The highest BCUT2D eigenvalue weighted by molar-refractivity contribution is 5.53. The van der Waals surface area contributed by atoms with E-state index < -0.39 is 0 Å². The van der Waals surface area contributed by atoms with E-state index in [0.29, 0.717) is 11.7 Å². The smallest absolute Gasteiger partial charge is 0.231 e. The van der Waals surface area contributed by atoms with Crippen LogP contribution in [0.5, 0.6) is 0 Å². The summed E-state index contributed by atoms with van der Waals surface area (Å²) in [6.45, 7) is 5.60. The molecule has 1 fully saturated rings. The number of anilines is 1. The number of hydrogen-bond acceptors (Lipinski definition) is 8. The highest BCUT2D eigenvalue weighted by Gasteiger charge is 2.29. The first-order valence-corrected chi connectivity index (χ1v) is 9.84. The molecule has 2 aliphatic rings. The molecule has 0 saturated carbocycles. The van der Waals surface area contributed by atoms with Gasteiger partial charge in [0, 0.05) is 43.2 Å². The lowest BCUT2D eigenvalue weighted by molar-refractivity contribution is 0.333. The van der Waals surface area contributed by atoms with Crippen LogP contribution in [-0.2, 0) is 13.0 Å². The van der Waals surface area contributed by atoms with Gasteiger partial charge in [-0.3, -0.25) is 4.98 Å². The van der Waals surface area contributed by atoms with Gasteiger partial charge in [0.15, 0.2) is 0 Å². The molecule has 3 aromatic heterocycles. The van der Waals surface area contributed by atoms with E-state index in [1.54, 1.807) is 12.4 Å². The second kappa shape index (κ2) is 7.27. The van der Waals surface area contributed by atoms with Gasteiger partial charge in [-0.25, -0.2) is 9.97 Å². The highest BCUT2D eigenvalue weighted by atomic mass is 16.5. The second-order valence-electron chi connectivity index (χ2n) is 7.43. The molecule has 144 valence electrons. The van der Waals surface area contributed by atoms with E-state index in [1.165, 1.54) is 5.56 Å². The number of aromatic nitrogens is 5. The first-order valence-electron chi connectivity index (χ1n) is 9.84. The Morgan fingerprint density at radius 3 is 3.11 bits per heavy atom. The van der Waals surface area contributed by atoms with Crippen molar-refractivity contribution in [1.29, 1.82) is 0 Å². The van der Waals surface area contributed by atoms with Crippen molar-refractivity contribution in [3.63, 3.8) is 0 Å². The van der Waals surface area contributed by atoms with E-state index in [4.69, 9.17) is 9.51 Å². The van der Waals surface area contributed by atoms with Crippen LogP contribution in [0.4, 0.5) is 5.82 Å². The molecule has 3 aromatic rings. The van der Waals surface area contributed by atoms with E-state index in [9.17, 15) is 0 Å². The van der Waals surface area contributed by atoms with Crippen LogP contribution in [0.25, 0.3) is 11.4 Å². The SMILES string of the molecule is Cc1nc2c(c(N3CCCC(c4nc(-c5cccnc5)no4)C3)n1)CCNC2. The summed E-state index contributed by atoms with van der Waals surface area (Å²) in [4.78, 5) is 20.6. The molecule has 1 saturated heterocycles. The van der Waals surface area contributed by atoms with Gasteiger partial charge >= 0.3 is 0 Å². The number of nitrogens with one attached hydrogen (secondary N) is 1. The molecular weight excluding hydrogens is 354 g/mol. The lowest BCUT2D eigenvalue weighted by Crippen LogP contribution is -2.37. The molecular formula is C20H23N7O. The van der Waals surface area contributed by atoms with Gasteiger partial charge in [-0.1, -0.05) is 5.16 Å². The average Bonchev–Trinajstić information content (AvgIpc) is 3.24. The first kappa shape index (κ1) is 17.2. The van der Waals surface area contributed by atoms with Gasteiger partial charge in [0.2, 0.25) is 11.7 Å². The summed E-state index contributed by atoms with van der Waals surface area (Å²) in [5, 5.41) is 7.57. The van der Waals surface area contributed by atoms with Crippen molar-refractivity contribution in [2.24, 2.45) is 0 Å². The lowest BCUT2D eigenvalue weighted by atomic mass is 9.96. The van der Waals surface area contributed by atoms with Gasteiger partial charge in [0.1, 0.15) is 11.6 Å². The molecule has 8 nitrogen and oxygen atoms in total. The molecule has 0 amide bonds. The lowest BCUT2D eigenvalue weighted by Gasteiger charge is -2.34.